The lowest BCUT2D eigenvalue weighted by Crippen LogP contribution is -2.05. The lowest BCUT2D eigenvalue weighted by molar-refractivity contribution is 0.100. The Morgan fingerprint density at radius 2 is 2.05 bits per heavy atom. The zero-order valence-corrected chi connectivity index (χ0v) is 10.8. The molecule has 108 valence electrons. The summed E-state index contributed by atoms with van der Waals surface area (Å²) in [6.45, 7) is 0. The molecule has 0 saturated heterocycles. The summed E-state index contributed by atoms with van der Waals surface area (Å²) in [5, 5.41) is 4.70. The molecule has 1 aromatic carbocycles. The van der Waals surface area contributed by atoms with Crippen LogP contribution in [-0.4, -0.2) is 18.0 Å². The molecular formula is C13H9F2N3O3. The van der Waals surface area contributed by atoms with Gasteiger partial charge in [-0.2, -0.15) is 0 Å². The Balaban J connectivity index is 2.43. The van der Waals surface area contributed by atoms with E-state index in [9.17, 15) is 18.5 Å². The Kier molecular flexibility index (Phi) is 4.17. The van der Waals surface area contributed by atoms with Gasteiger partial charge in [-0.3, -0.25) is 4.79 Å². The van der Waals surface area contributed by atoms with Crippen LogP contribution in [0.4, 0.5) is 20.2 Å². The molecule has 0 aliphatic heterocycles. The second-order valence-electron chi connectivity index (χ2n) is 3.89. The highest BCUT2D eigenvalue weighted by molar-refractivity contribution is 6.00. The largest absolute Gasteiger partial charge is 0.481 e. The predicted octanol–water partition coefficient (Wildman–Crippen LogP) is 3.02. The van der Waals surface area contributed by atoms with Crippen molar-refractivity contribution in [2.75, 3.05) is 12.4 Å². The number of aromatic nitrogens is 1. The fraction of sp³-hybridized carbons (Fsp3) is 0.0769. The number of anilines is 2. The zero-order chi connectivity index (χ0) is 15.4. The van der Waals surface area contributed by atoms with Crippen LogP contribution < -0.4 is 10.1 Å². The van der Waals surface area contributed by atoms with Gasteiger partial charge in [-0.05, 0) is 18.2 Å². The van der Waals surface area contributed by atoms with Gasteiger partial charge in [-0.25, -0.2) is 13.8 Å². The van der Waals surface area contributed by atoms with E-state index in [0.717, 1.165) is 12.1 Å². The summed E-state index contributed by atoms with van der Waals surface area (Å²) in [4.78, 5) is 25.5. The van der Waals surface area contributed by atoms with E-state index in [1.165, 1.54) is 25.4 Å². The van der Waals surface area contributed by atoms with E-state index in [0.29, 0.717) is 5.88 Å². The van der Waals surface area contributed by atoms with E-state index in [4.69, 9.17) is 4.74 Å². The number of amides is 1. The number of carbonyl (C=O) groups is 1. The molecule has 1 aromatic heterocycles. The Morgan fingerprint density at radius 1 is 1.29 bits per heavy atom. The number of halogens is 2. The molecule has 1 amide bonds. The first-order valence-corrected chi connectivity index (χ1v) is 5.69. The van der Waals surface area contributed by atoms with E-state index in [-0.39, 0.29) is 11.3 Å². The van der Waals surface area contributed by atoms with Crippen LogP contribution in [0.15, 0.2) is 35.6 Å². The number of rotatable bonds is 4. The minimum absolute atomic E-state index is 0.278. The predicted molar refractivity (Wildman–Crippen MR) is 70.6 cm³/mol. The third-order valence-corrected chi connectivity index (χ3v) is 2.62. The number of carbonyl (C=O) groups excluding carboxylic acids is 1. The molecule has 0 aliphatic rings. The minimum Gasteiger partial charge on any atom is -0.481 e. The Morgan fingerprint density at radius 3 is 2.62 bits per heavy atom. The van der Waals surface area contributed by atoms with Crippen molar-refractivity contribution in [3.8, 4) is 5.88 Å². The van der Waals surface area contributed by atoms with Gasteiger partial charge in [-0.1, -0.05) is 0 Å². The van der Waals surface area contributed by atoms with Crippen molar-refractivity contribution in [2.24, 2.45) is 5.18 Å². The van der Waals surface area contributed by atoms with Gasteiger partial charge in [0.15, 0.2) is 11.6 Å². The van der Waals surface area contributed by atoms with Crippen molar-refractivity contribution in [3.63, 3.8) is 0 Å². The molecule has 0 radical (unpaired) electrons. The summed E-state index contributed by atoms with van der Waals surface area (Å²) in [7, 11) is 1.42. The van der Waals surface area contributed by atoms with Crippen LogP contribution in [-0.2, 0) is 0 Å². The molecule has 1 heterocycles. The van der Waals surface area contributed by atoms with E-state index in [1.807, 2.05) is 0 Å². The van der Waals surface area contributed by atoms with Gasteiger partial charge in [0.25, 0.3) is 0 Å². The molecular weight excluding hydrogens is 284 g/mol. The van der Waals surface area contributed by atoms with Gasteiger partial charge in [0.05, 0.1) is 30.2 Å². The fourth-order valence-corrected chi connectivity index (χ4v) is 1.62. The van der Waals surface area contributed by atoms with Crippen molar-refractivity contribution < 1.29 is 18.3 Å². The Bertz CT molecular complexity index is 690. The average Bonchev–Trinajstić information content (AvgIpc) is 2.52. The number of hydrogen-bond acceptors (Lipinski definition) is 5. The number of nitrogens with one attached hydrogen (secondary N) is 1. The number of pyridine rings is 1. The standard InChI is InChI=1S/C13H9F2N3O3/c1-21-10-5-2-7(6-16-10)17-12-8(13(19)18-20)3-4-9(14)11(12)15/h2-6,17H,1H3. The van der Waals surface area contributed by atoms with Gasteiger partial charge >= 0.3 is 5.91 Å². The Labute approximate surface area is 117 Å². The summed E-state index contributed by atoms with van der Waals surface area (Å²) in [6, 6.07) is 4.68. The van der Waals surface area contributed by atoms with Crippen molar-refractivity contribution in [2.45, 2.75) is 0 Å². The number of ether oxygens (including phenoxy) is 1. The summed E-state index contributed by atoms with van der Waals surface area (Å²) in [6.07, 6.45) is 1.30. The van der Waals surface area contributed by atoms with E-state index < -0.39 is 23.2 Å². The van der Waals surface area contributed by atoms with Gasteiger partial charge < -0.3 is 10.1 Å². The molecule has 0 spiro atoms. The van der Waals surface area contributed by atoms with E-state index in [1.54, 1.807) is 0 Å². The molecule has 0 aliphatic carbocycles. The van der Waals surface area contributed by atoms with Crippen LogP contribution in [0.25, 0.3) is 0 Å². The molecule has 1 N–H and O–H groups in total. The SMILES string of the molecule is COc1ccc(Nc2c(C(=O)N=O)ccc(F)c2F)cn1. The summed E-state index contributed by atoms with van der Waals surface area (Å²) >= 11 is 0. The maximum absolute atomic E-state index is 13.8. The van der Waals surface area contributed by atoms with Crippen molar-refractivity contribution in [1.82, 2.24) is 4.98 Å². The third-order valence-electron chi connectivity index (χ3n) is 2.62. The van der Waals surface area contributed by atoms with E-state index in [2.05, 4.69) is 15.5 Å². The topological polar surface area (TPSA) is 80.6 Å². The smallest absolute Gasteiger partial charge is 0.318 e. The van der Waals surface area contributed by atoms with Crippen LogP contribution in [0.3, 0.4) is 0 Å². The Hall–Kier alpha value is -2.90. The molecule has 8 heteroatoms. The second-order valence-corrected chi connectivity index (χ2v) is 3.89. The normalized spacial score (nSPS) is 10.0. The van der Waals surface area contributed by atoms with Crippen molar-refractivity contribution in [3.05, 3.63) is 52.6 Å². The highest BCUT2D eigenvalue weighted by Crippen LogP contribution is 2.27. The first-order valence-electron chi connectivity index (χ1n) is 5.69. The van der Waals surface area contributed by atoms with Gasteiger partial charge in [0, 0.05) is 11.2 Å². The number of benzene rings is 1. The summed E-state index contributed by atoms with van der Waals surface area (Å²) in [5.41, 5.74) is -0.577. The highest BCUT2D eigenvalue weighted by Gasteiger charge is 2.19. The molecule has 0 unspecified atom stereocenters. The summed E-state index contributed by atoms with van der Waals surface area (Å²) in [5.74, 6) is -3.34. The minimum atomic E-state index is -1.29. The van der Waals surface area contributed by atoms with Gasteiger partial charge in [0.2, 0.25) is 5.88 Å². The number of nitroso groups, excluding NO2 is 1. The molecule has 0 atom stereocenters. The molecule has 0 bridgehead atoms. The lowest BCUT2D eigenvalue weighted by atomic mass is 10.1. The third kappa shape index (κ3) is 2.99. The number of methoxy groups -OCH3 is 1. The molecule has 0 fully saturated rings. The zero-order valence-electron chi connectivity index (χ0n) is 10.8. The van der Waals surface area contributed by atoms with E-state index >= 15 is 0 Å². The first-order chi connectivity index (χ1) is 10.1. The first kappa shape index (κ1) is 14.5. The van der Waals surface area contributed by atoms with Gasteiger partial charge in [0.1, 0.15) is 0 Å². The molecule has 0 saturated carbocycles. The number of hydrogen-bond donors (Lipinski definition) is 1. The van der Waals surface area contributed by atoms with Gasteiger partial charge in [-0.15, -0.1) is 4.91 Å². The van der Waals surface area contributed by atoms with Crippen LogP contribution in [0.1, 0.15) is 10.4 Å². The van der Waals surface area contributed by atoms with Crippen LogP contribution in [0.2, 0.25) is 0 Å². The molecule has 6 nitrogen and oxygen atoms in total. The van der Waals surface area contributed by atoms with Crippen molar-refractivity contribution >= 4 is 17.3 Å². The van der Waals surface area contributed by atoms with Crippen molar-refractivity contribution in [1.29, 1.82) is 0 Å². The second kappa shape index (κ2) is 6.04. The van der Waals surface area contributed by atoms with Crippen LogP contribution in [0, 0.1) is 16.5 Å². The van der Waals surface area contributed by atoms with Crippen LogP contribution >= 0.6 is 0 Å². The molecule has 2 aromatic rings. The average molecular weight is 293 g/mol. The molecule has 21 heavy (non-hydrogen) atoms. The highest BCUT2D eigenvalue weighted by atomic mass is 19.2. The summed E-state index contributed by atoms with van der Waals surface area (Å²) < 4.78 is 31.9. The maximum atomic E-state index is 13.8. The number of nitrogens with zero attached hydrogens (tertiary/aromatic N) is 2. The van der Waals surface area contributed by atoms with Crippen LogP contribution in [0.5, 0.6) is 5.88 Å². The molecule has 2 rings (SSSR count). The monoisotopic (exact) mass is 293 g/mol. The quantitative estimate of drug-likeness (QED) is 0.876. The maximum Gasteiger partial charge on any atom is 0.318 e. The fourth-order valence-electron chi connectivity index (χ4n) is 1.62. The lowest BCUT2D eigenvalue weighted by Gasteiger charge is -2.11.